The first-order valence-corrected chi connectivity index (χ1v) is 10.6. The van der Waals surface area contributed by atoms with E-state index in [1.165, 1.54) is 0 Å². The van der Waals surface area contributed by atoms with E-state index in [1.807, 2.05) is 24.1 Å². The predicted molar refractivity (Wildman–Crippen MR) is 120 cm³/mol. The molecule has 8 heteroatoms. The van der Waals surface area contributed by atoms with Crippen molar-refractivity contribution in [3.63, 3.8) is 0 Å². The maximum Gasteiger partial charge on any atom is 0.256 e. The second kappa shape index (κ2) is 10.7. The molecule has 1 N–H and O–H groups in total. The van der Waals surface area contributed by atoms with Gasteiger partial charge in [-0.15, -0.1) is 0 Å². The lowest BCUT2D eigenvalue weighted by molar-refractivity contribution is -0.116. The molecule has 0 aliphatic carbocycles. The van der Waals surface area contributed by atoms with Gasteiger partial charge in [-0.3, -0.25) is 9.59 Å². The number of hydrogen-bond donors (Lipinski definition) is 1. The Hall–Kier alpha value is -2.28. The van der Waals surface area contributed by atoms with Gasteiger partial charge in [0.05, 0.1) is 22.9 Å². The van der Waals surface area contributed by atoms with Crippen molar-refractivity contribution in [2.24, 2.45) is 0 Å². The molecule has 3 rings (SSSR count). The number of rotatable bonds is 7. The maximum atomic E-state index is 12.9. The summed E-state index contributed by atoms with van der Waals surface area (Å²) < 4.78 is 5.61. The van der Waals surface area contributed by atoms with Crippen molar-refractivity contribution in [2.75, 3.05) is 45.2 Å². The fraction of sp³-hybridized carbons (Fsp3) is 0.364. The topological polar surface area (TPSA) is 61.9 Å². The lowest BCUT2D eigenvalue weighted by Crippen LogP contribution is -2.47. The number of piperazine rings is 1. The number of benzene rings is 2. The molecule has 6 nitrogen and oxygen atoms in total. The molecule has 2 aromatic carbocycles. The monoisotopic (exact) mass is 449 g/mol. The predicted octanol–water partition coefficient (Wildman–Crippen LogP) is 4.18. The van der Waals surface area contributed by atoms with Crippen LogP contribution in [0.3, 0.4) is 0 Å². The number of halogens is 2. The van der Waals surface area contributed by atoms with E-state index >= 15 is 0 Å². The van der Waals surface area contributed by atoms with E-state index in [0.717, 1.165) is 13.1 Å². The molecule has 0 saturated carbocycles. The van der Waals surface area contributed by atoms with E-state index in [0.29, 0.717) is 53.2 Å². The number of ether oxygens (including phenoxy) is 1. The van der Waals surface area contributed by atoms with Crippen molar-refractivity contribution in [3.05, 3.63) is 58.1 Å². The molecule has 2 aromatic rings. The molecule has 0 atom stereocenters. The SMILES string of the molecule is CN1CCN(C(=O)c2ccccc2NC(=O)CCCOc2ccc(Cl)cc2Cl)CC1. The van der Waals surface area contributed by atoms with Crippen molar-refractivity contribution < 1.29 is 14.3 Å². The van der Waals surface area contributed by atoms with Crippen LogP contribution in [0.4, 0.5) is 5.69 Å². The Bertz CT molecular complexity index is 899. The zero-order valence-corrected chi connectivity index (χ0v) is 18.4. The molecule has 0 unspecified atom stereocenters. The first-order chi connectivity index (χ1) is 14.4. The summed E-state index contributed by atoms with van der Waals surface area (Å²) in [7, 11) is 2.04. The van der Waals surface area contributed by atoms with Gasteiger partial charge in [0.2, 0.25) is 5.91 Å². The van der Waals surface area contributed by atoms with Gasteiger partial charge in [0, 0.05) is 37.6 Å². The van der Waals surface area contributed by atoms with Gasteiger partial charge in [-0.05, 0) is 43.8 Å². The number of para-hydroxylation sites is 1. The fourth-order valence-electron chi connectivity index (χ4n) is 3.18. The van der Waals surface area contributed by atoms with Crippen LogP contribution < -0.4 is 10.1 Å². The van der Waals surface area contributed by atoms with E-state index < -0.39 is 0 Å². The van der Waals surface area contributed by atoms with Crippen LogP contribution in [0.5, 0.6) is 5.75 Å². The lowest BCUT2D eigenvalue weighted by Gasteiger charge is -2.32. The van der Waals surface area contributed by atoms with Crippen molar-refractivity contribution >= 4 is 40.7 Å². The Morgan fingerprint density at radius 2 is 1.80 bits per heavy atom. The lowest BCUT2D eigenvalue weighted by atomic mass is 10.1. The van der Waals surface area contributed by atoms with Crippen LogP contribution in [0.2, 0.25) is 10.0 Å². The summed E-state index contributed by atoms with van der Waals surface area (Å²) in [6.45, 7) is 3.40. The van der Waals surface area contributed by atoms with Crippen LogP contribution in [0.15, 0.2) is 42.5 Å². The summed E-state index contributed by atoms with van der Waals surface area (Å²) >= 11 is 11.9. The third kappa shape index (κ3) is 6.11. The highest BCUT2D eigenvalue weighted by atomic mass is 35.5. The fourth-order valence-corrected chi connectivity index (χ4v) is 3.64. The highest BCUT2D eigenvalue weighted by Gasteiger charge is 2.22. The molecule has 0 aromatic heterocycles. The number of carbonyl (C=O) groups excluding carboxylic acids is 2. The Morgan fingerprint density at radius 1 is 1.07 bits per heavy atom. The van der Waals surface area contributed by atoms with Crippen LogP contribution in [0, 0.1) is 0 Å². The summed E-state index contributed by atoms with van der Waals surface area (Å²) in [5.41, 5.74) is 1.05. The maximum absolute atomic E-state index is 12.9. The largest absolute Gasteiger partial charge is 0.492 e. The summed E-state index contributed by atoms with van der Waals surface area (Å²) in [6, 6.07) is 12.1. The number of carbonyl (C=O) groups is 2. The highest BCUT2D eigenvalue weighted by molar-refractivity contribution is 6.35. The quantitative estimate of drug-likeness (QED) is 0.643. The molecule has 1 aliphatic rings. The van der Waals surface area contributed by atoms with Crippen LogP contribution in [0.1, 0.15) is 23.2 Å². The minimum Gasteiger partial charge on any atom is -0.492 e. The first kappa shape index (κ1) is 22.4. The third-order valence-corrected chi connectivity index (χ3v) is 5.45. The van der Waals surface area contributed by atoms with Gasteiger partial charge in [0.15, 0.2) is 0 Å². The van der Waals surface area contributed by atoms with Crippen LogP contribution in [0.25, 0.3) is 0 Å². The molecule has 30 heavy (non-hydrogen) atoms. The van der Waals surface area contributed by atoms with Crippen molar-refractivity contribution in [1.82, 2.24) is 9.80 Å². The van der Waals surface area contributed by atoms with Crippen LogP contribution >= 0.6 is 23.2 Å². The number of anilines is 1. The molecule has 2 amide bonds. The van der Waals surface area contributed by atoms with Gasteiger partial charge in [0.1, 0.15) is 5.75 Å². The van der Waals surface area contributed by atoms with Gasteiger partial charge >= 0.3 is 0 Å². The van der Waals surface area contributed by atoms with Crippen LogP contribution in [-0.2, 0) is 4.79 Å². The molecule has 0 radical (unpaired) electrons. The summed E-state index contributed by atoms with van der Waals surface area (Å²) in [6.07, 6.45) is 0.779. The van der Waals surface area contributed by atoms with Crippen LogP contribution in [-0.4, -0.2) is 61.4 Å². The zero-order chi connectivity index (χ0) is 21.5. The zero-order valence-electron chi connectivity index (χ0n) is 16.9. The summed E-state index contributed by atoms with van der Waals surface area (Å²) in [5.74, 6) is 0.309. The number of amides is 2. The molecule has 1 fully saturated rings. The second-order valence-electron chi connectivity index (χ2n) is 7.22. The average Bonchev–Trinajstić information content (AvgIpc) is 2.73. The Balaban J connectivity index is 1.51. The minimum atomic E-state index is -0.167. The summed E-state index contributed by atoms with van der Waals surface area (Å²) in [5, 5.41) is 3.83. The molecule has 1 heterocycles. The molecule has 0 bridgehead atoms. The number of nitrogens with one attached hydrogen (secondary N) is 1. The van der Waals surface area contributed by atoms with Crippen molar-refractivity contribution in [3.8, 4) is 5.75 Å². The van der Waals surface area contributed by atoms with E-state index in [4.69, 9.17) is 27.9 Å². The molecule has 160 valence electrons. The summed E-state index contributed by atoms with van der Waals surface area (Å²) in [4.78, 5) is 29.3. The number of nitrogens with zero attached hydrogens (tertiary/aromatic N) is 2. The minimum absolute atomic E-state index is 0.0558. The van der Waals surface area contributed by atoms with Gasteiger partial charge in [-0.2, -0.15) is 0 Å². The molecular formula is C22H25Cl2N3O3. The van der Waals surface area contributed by atoms with Gasteiger partial charge in [-0.1, -0.05) is 35.3 Å². The normalized spacial score (nSPS) is 14.4. The number of likely N-dealkylation sites (N-methyl/N-ethyl adjacent to an activating group) is 1. The standard InChI is InChI=1S/C22H25Cl2N3O3/c1-26-10-12-27(13-11-26)22(29)17-5-2-3-6-19(17)25-21(28)7-4-14-30-20-9-8-16(23)15-18(20)24/h2-3,5-6,8-9,15H,4,7,10-14H2,1H3,(H,25,28). The van der Waals surface area contributed by atoms with E-state index in [9.17, 15) is 9.59 Å². The second-order valence-corrected chi connectivity index (χ2v) is 8.06. The molecule has 1 aliphatic heterocycles. The number of hydrogen-bond acceptors (Lipinski definition) is 4. The molecular weight excluding hydrogens is 425 g/mol. The molecule has 0 spiro atoms. The first-order valence-electron chi connectivity index (χ1n) is 9.88. The van der Waals surface area contributed by atoms with E-state index in [1.54, 1.807) is 30.3 Å². The highest BCUT2D eigenvalue weighted by Crippen LogP contribution is 2.27. The van der Waals surface area contributed by atoms with Gasteiger partial charge < -0.3 is 19.9 Å². The van der Waals surface area contributed by atoms with E-state index in [-0.39, 0.29) is 18.2 Å². The molecule has 1 saturated heterocycles. The van der Waals surface area contributed by atoms with Crippen molar-refractivity contribution in [2.45, 2.75) is 12.8 Å². The Kier molecular flexibility index (Phi) is 7.96. The average molecular weight is 450 g/mol. The Morgan fingerprint density at radius 3 is 2.53 bits per heavy atom. The van der Waals surface area contributed by atoms with Gasteiger partial charge in [0.25, 0.3) is 5.91 Å². The third-order valence-electron chi connectivity index (χ3n) is 4.92. The Labute approximate surface area is 186 Å². The van der Waals surface area contributed by atoms with Gasteiger partial charge in [-0.25, -0.2) is 0 Å². The van der Waals surface area contributed by atoms with E-state index in [2.05, 4.69) is 10.2 Å². The smallest absolute Gasteiger partial charge is 0.256 e. The van der Waals surface area contributed by atoms with Crippen molar-refractivity contribution in [1.29, 1.82) is 0 Å².